The molecule has 0 fully saturated rings. The summed E-state index contributed by atoms with van der Waals surface area (Å²) in [6.45, 7) is 4.89. The van der Waals surface area contributed by atoms with Crippen molar-refractivity contribution in [3.05, 3.63) is 101 Å². The third-order valence-corrected chi connectivity index (χ3v) is 8.38. The number of hydrogen-bond acceptors (Lipinski definition) is 6. The van der Waals surface area contributed by atoms with Crippen molar-refractivity contribution in [3.63, 3.8) is 0 Å². The molecule has 0 aliphatic rings. The van der Waals surface area contributed by atoms with E-state index in [4.69, 9.17) is 0 Å². The van der Waals surface area contributed by atoms with Crippen molar-refractivity contribution in [2.75, 3.05) is 17.4 Å². The van der Waals surface area contributed by atoms with Crippen molar-refractivity contribution in [2.45, 2.75) is 50.6 Å². The van der Waals surface area contributed by atoms with Crippen LogP contribution in [0.1, 0.15) is 32.8 Å². The van der Waals surface area contributed by atoms with Gasteiger partial charge in [0, 0.05) is 24.7 Å². The molecular weight excluding hydrogens is 532 g/mol. The lowest BCUT2D eigenvalue weighted by Gasteiger charge is -2.32. The molecule has 212 valence electrons. The van der Waals surface area contributed by atoms with Gasteiger partial charge in [-0.2, -0.15) is 0 Å². The molecule has 0 bridgehead atoms. The van der Waals surface area contributed by atoms with E-state index in [1.54, 1.807) is 25.1 Å². The van der Waals surface area contributed by atoms with E-state index in [1.165, 1.54) is 35.2 Å². The summed E-state index contributed by atoms with van der Waals surface area (Å²) >= 11 is 0. The third kappa shape index (κ3) is 7.66. The maximum Gasteiger partial charge on any atom is 0.271 e. The number of nitrogens with one attached hydrogen (secondary N) is 1. The van der Waals surface area contributed by atoms with Crippen LogP contribution in [0.5, 0.6) is 0 Å². The average molecular weight is 567 g/mol. The minimum absolute atomic E-state index is 0.0360. The number of nitro benzene ring substituents is 1. The third-order valence-electron chi connectivity index (χ3n) is 6.59. The molecule has 11 heteroatoms. The fourth-order valence-electron chi connectivity index (χ4n) is 4.05. The first-order valence-electron chi connectivity index (χ1n) is 13.0. The highest BCUT2D eigenvalue weighted by Crippen LogP contribution is 2.27. The lowest BCUT2D eigenvalue weighted by Crippen LogP contribution is -2.53. The Morgan fingerprint density at radius 3 is 2.17 bits per heavy atom. The first-order valence-corrected chi connectivity index (χ1v) is 14.4. The molecule has 40 heavy (non-hydrogen) atoms. The Morgan fingerprint density at radius 2 is 1.57 bits per heavy atom. The molecule has 0 radical (unpaired) electrons. The minimum atomic E-state index is -4.30. The van der Waals surface area contributed by atoms with Crippen LogP contribution in [0.3, 0.4) is 0 Å². The van der Waals surface area contributed by atoms with Gasteiger partial charge in [-0.25, -0.2) is 8.42 Å². The number of amides is 2. The molecule has 0 heterocycles. The molecule has 0 saturated heterocycles. The fourth-order valence-corrected chi connectivity index (χ4v) is 5.47. The van der Waals surface area contributed by atoms with Crippen molar-refractivity contribution in [1.29, 1.82) is 0 Å². The standard InChI is InChI=1S/C29H34N4O6S/c1-4-22(2)30-29(35)23(3)31(19-18-24-12-7-5-8-13-24)28(34)21-32(25-14-11-15-26(20-25)33(36)37)40(38,39)27-16-9-6-10-17-27/h5-17,20,22-23H,4,18-19,21H2,1-3H3,(H,30,35)/t22-,23-/m0/s1. The quantitative estimate of drug-likeness (QED) is 0.244. The zero-order chi connectivity index (χ0) is 29.3. The fraction of sp³-hybridized carbons (Fsp3) is 0.310. The van der Waals surface area contributed by atoms with Crippen molar-refractivity contribution in [2.24, 2.45) is 0 Å². The lowest BCUT2D eigenvalue weighted by molar-refractivity contribution is -0.384. The van der Waals surface area contributed by atoms with Crippen LogP contribution in [-0.4, -0.2) is 55.2 Å². The normalized spacial score (nSPS) is 12.7. The molecule has 2 atom stereocenters. The maximum atomic E-state index is 13.9. The molecule has 1 N–H and O–H groups in total. The molecular formula is C29H34N4O6S. The molecule has 3 aromatic rings. The molecule has 2 amide bonds. The van der Waals surface area contributed by atoms with E-state index in [0.717, 1.165) is 15.9 Å². The first-order chi connectivity index (χ1) is 19.0. The number of sulfonamides is 1. The zero-order valence-electron chi connectivity index (χ0n) is 22.8. The van der Waals surface area contributed by atoms with Gasteiger partial charge < -0.3 is 10.2 Å². The number of hydrogen-bond donors (Lipinski definition) is 1. The second-order valence-electron chi connectivity index (χ2n) is 9.42. The Balaban J connectivity index is 2.00. The van der Waals surface area contributed by atoms with Crippen LogP contribution in [0.25, 0.3) is 0 Å². The van der Waals surface area contributed by atoms with Crippen LogP contribution >= 0.6 is 0 Å². The van der Waals surface area contributed by atoms with E-state index in [0.29, 0.717) is 12.8 Å². The van der Waals surface area contributed by atoms with E-state index in [9.17, 15) is 28.1 Å². The van der Waals surface area contributed by atoms with Gasteiger partial charge in [-0.05, 0) is 50.5 Å². The SMILES string of the molecule is CC[C@H](C)NC(=O)[C@H](C)N(CCc1ccccc1)C(=O)CN(c1cccc([N+](=O)[O-])c1)S(=O)(=O)c1ccccc1. The minimum Gasteiger partial charge on any atom is -0.352 e. The van der Waals surface area contributed by atoms with Gasteiger partial charge in [-0.15, -0.1) is 0 Å². The number of non-ortho nitro benzene ring substituents is 1. The molecule has 0 unspecified atom stereocenters. The second-order valence-corrected chi connectivity index (χ2v) is 11.3. The van der Waals surface area contributed by atoms with E-state index in [1.807, 2.05) is 44.2 Å². The van der Waals surface area contributed by atoms with Gasteiger partial charge in [0.2, 0.25) is 11.8 Å². The Labute approximate surface area is 234 Å². The van der Waals surface area contributed by atoms with Crippen LogP contribution in [0.4, 0.5) is 11.4 Å². The smallest absolute Gasteiger partial charge is 0.271 e. The predicted molar refractivity (Wildman–Crippen MR) is 153 cm³/mol. The summed E-state index contributed by atoms with van der Waals surface area (Å²) in [6.07, 6.45) is 1.14. The molecule has 0 spiro atoms. The number of carbonyl (C=O) groups excluding carboxylic acids is 2. The van der Waals surface area contributed by atoms with Crippen LogP contribution in [-0.2, 0) is 26.0 Å². The van der Waals surface area contributed by atoms with Crippen molar-refractivity contribution < 1.29 is 22.9 Å². The maximum absolute atomic E-state index is 13.9. The topological polar surface area (TPSA) is 130 Å². The lowest BCUT2D eigenvalue weighted by atomic mass is 10.1. The summed E-state index contributed by atoms with van der Waals surface area (Å²) < 4.78 is 28.3. The monoisotopic (exact) mass is 566 g/mol. The van der Waals surface area contributed by atoms with E-state index >= 15 is 0 Å². The van der Waals surface area contributed by atoms with Crippen molar-refractivity contribution in [3.8, 4) is 0 Å². The van der Waals surface area contributed by atoms with Crippen LogP contribution in [0.2, 0.25) is 0 Å². The predicted octanol–water partition coefficient (Wildman–Crippen LogP) is 4.16. The number of anilines is 1. The number of carbonyl (C=O) groups is 2. The zero-order valence-corrected chi connectivity index (χ0v) is 23.6. The summed E-state index contributed by atoms with van der Waals surface area (Å²) in [5.74, 6) is -0.975. The van der Waals surface area contributed by atoms with Gasteiger partial charge in [-0.1, -0.05) is 61.5 Å². The van der Waals surface area contributed by atoms with Gasteiger partial charge in [0.05, 0.1) is 15.5 Å². The van der Waals surface area contributed by atoms with Crippen molar-refractivity contribution >= 4 is 33.2 Å². The Hall–Kier alpha value is -4.25. The van der Waals surface area contributed by atoms with Gasteiger partial charge in [-0.3, -0.25) is 24.0 Å². The molecule has 0 aliphatic heterocycles. The van der Waals surface area contributed by atoms with Crippen LogP contribution in [0.15, 0.2) is 89.8 Å². The van der Waals surface area contributed by atoms with Gasteiger partial charge in [0.1, 0.15) is 12.6 Å². The Bertz CT molecular complexity index is 1420. The molecule has 10 nitrogen and oxygen atoms in total. The van der Waals surface area contributed by atoms with E-state index < -0.39 is 33.4 Å². The molecule has 0 aliphatic carbocycles. The first kappa shape index (κ1) is 30.3. The summed E-state index contributed by atoms with van der Waals surface area (Å²) in [5.41, 5.74) is 0.592. The average Bonchev–Trinajstić information content (AvgIpc) is 2.96. The summed E-state index contributed by atoms with van der Waals surface area (Å²) in [6, 6.07) is 21.1. The van der Waals surface area contributed by atoms with Gasteiger partial charge >= 0.3 is 0 Å². The molecule has 0 saturated carbocycles. The highest BCUT2D eigenvalue weighted by atomic mass is 32.2. The number of nitrogens with zero attached hydrogens (tertiary/aromatic N) is 3. The van der Waals surface area contributed by atoms with Gasteiger partial charge in [0.25, 0.3) is 15.7 Å². The Morgan fingerprint density at radius 1 is 0.950 bits per heavy atom. The van der Waals surface area contributed by atoms with Crippen LogP contribution < -0.4 is 9.62 Å². The molecule has 0 aromatic heterocycles. The Kier molecular flexibility index (Phi) is 10.4. The summed E-state index contributed by atoms with van der Waals surface area (Å²) in [7, 11) is -4.30. The number of rotatable bonds is 13. The number of benzene rings is 3. The summed E-state index contributed by atoms with van der Waals surface area (Å²) in [4.78, 5) is 39.0. The van der Waals surface area contributed by atoms with E-state index in [-0.39, 0.29) is 34.8 Å². The summed E-state index contributed by atoms with van der Waals surface area (Å²) in [5, 5.41) is 14.3. The highest BCUT2D eigenvalue weighted by Gasteiger charge is 2.33. The van der Waals surface area contributed by atoms with Crippen molar-refractivity contribution in [1.82, 2.24) is 10.2 Å². The van der Waals surface area contributed by atoms with Crippen LogP contribution in [0, 0.1) is 10.1 Å². The molecule has 3 rings (SSSR count). The number of nitro groups is 1. The van der Waals surface area contributed by atoms with E-state index in [2.05, 4.69) is 5.32 Å². The largest absolute Gasteiger partial charge is 0.352 e. The van der Waals surface area contributed by atoms with Gasteiger partial charge in [0.15, 0.2) is 0 Å². The second kappa shape index (κ2) is 13.7. The highest BCUT2D eigenvalue weighted by molar-refractivity contribution is 7.92. The molecule has 3 aromatic carbocycles.